The minimum atomic E-state index is -0.691. The molecule has 1 N–H and O–H groups in total. The summed E-state index contributed by atoms with van der Waals surface area (Å²) < 4.78 is 18.1. The van der Waals surface area contributed by atoms with E-state index in [1.165, 1.54) is 12.1 Å². The van der Waals surface area contributed by atoms with Gasteiger partial charge in [0.25, 0.3) is 0 Å². The van der Waals surface area contributed by atoms with Crippen LogP contribution in [-0.2, 0) is 6.54 Å². The quantitative estimate of drug-likeness (QED) is 0.852. The topological polar surface area (TPSA) is 62.4 Å². The van der Waals surface area contributed by atoms with Crippen molar-refractivity contribution in [3.05, 3.63) is 47.4 Å². The van der Waals surface area contributed by atoms with Crippen molar-refractivity contribution in [1.29, 1.82) is 0 Å². The van der Waals surface area contributed by atoms with Crippen molar-refractivity contribution in [2.24, 2.45) is 5.92 Å². The van der Waals surface area contributed by atoms with Crippen molar-refractivity contribution in [2.75, 3.05) is 13.1 Å². The van der Waals surface area contributed by atoms with Gasteiger partial charge in [-0.15, -0.1) is 0 Å². The minimum Gasteiger partial charge on any atom is -0.387 e. The van der Waals surface area contributed by atoms with E-state index < -0.39 is 6.10 Å². The first-order valence-electron chi connectivity index (χ1n) is 7.39. The Kier molecular flexibility index (Phi) is 5.63. The predicted molar refractivity (Wildman–Crippen MR) is 80.5 cm³/mol. The van der Waals surface area contributed by atoms with E-state index in [0.29, 0.717) is 36.3 Å². The summed E-state index contributed by atoms with van der Waals surface area (Å²) >= 11 is 0. The highest BCUT2D eigenvalue weighted by Crippen LogP contribution is 2.17. The Morgan fingerprint density at radius 2 is 1.91 bits per heavy atom. The van der Waals surface area contributed by atoms with Crippen molar-refractivity contribution in [1.82, 2.24) is 15.0 Å². The van der Waals surface area contributed by atoms with E-state index in [-0.39, 0.29) is 5.82 Å². The molecule has 0 amide bonds. The third-order valence-corrected chi connectivity index (χ3v) is 3.24. The number of aryl methyl sites for hydroxylation is 1. The summed E-state index contributed by atoms with van der Waals surface area (Å²) in [4.78, 5) is 6.26. The summed E-state index contributed by atoms with van der Waals surface area (Å²) in [5.74, 6) is 1.25. The van der Waals surface area contributed by atoms with Crippen molar-refractivity contribution in [3.63, 3.8) is 0 Å². The van der Waals surface area contributed by atoms with Crippen molar-refractivity contribution in [2.45, 2.75) is 33.4 Å². The maximum Gasteiger partial charge on any atom is 0.240 e. The summed E-state index contributed by atoms with van der Waals surface area (Å²) in [7, 11) is 0. The average molecular weight is 307 g/mol. The van der Waals surface area contributed by atoms with Crippen LogP contribution in [-0.4, -0.2) is 33.2 Å². The molecule has 0 aliphatic rings. The molecule has 5 nitrogen and oxygen atoms in total. The Labute approximate surface area is 129 Å². The first-order valence-corrected chi connectivity index (χ1v) is 7.39. The molecule has 22 heavy (non-hydrogen) atoms. The van der Waals surface area contributed by atoms with Crippen LogP contribution in [0.2, 0.25) is 0 Å². The lowest BCUT2D eigenvalue weighted by molar-refractivity contribution is 0.0946. The van der Waals surface area contributed by atoms with Gasteiger partial charge in [-0.1, -0.05) is 31.1 Å². The van der Waals surface area contributed by atoms with E-state index in [0.717, 1.165) is 6.54 Å². The van der Waals surface area contributed by atoms with E-state index in [2.05, 4.69) is 28.9 Å². The van der Waals surface area contributed by atoms with Gasteiger partial charge >= 0.3 is 0 Å². The normalized spacial score (nSPS) is 13.0. The van der Waals surface area contributed by atoms with Gasteiger partial charge in [0.05, 0.1) is 12.6 Å². The lowest BCUT2D eigenvalue weighted by Gasteiger charge is -2.25. The maximum atomic E-state index is 13.0. The molecule has 1 aromatic heterocycles. The molecular weight excluding hydrogens is 285 g/mol. The smallest absolute Gasteiger partial charge is 0.240 e. The molecule has 0 fully saturated rings. The first kappa shape index (κ1) is 16.6. The Balaban J connectivity index is 2.03. The molecular formula is C16H22FN3O2. The highest BCUT2D eigenvalue weighted by molar-refractivity contribution is 5.18. The van der Waals surface area contributed by atoms with Crippen LogP contribution in [0.5, 0.6) is 0 Å². The van der Waals surface area contributed by atoms with E-state index in [1.54, 1.807) is 19.1 Å². The fourth-order valence-corrected chi connectivity index (χ4v) is 2.35. The fraction of sp³-hybridized carbons (Fsp3) is 0.500. The van der Waals surface area contributed by atoms with Gasteiger partial charge in [0.2, 0.25) is 5.89 Å². The van der Waals surface area contributed by atoms with Crippen LogP contribution >= 0.6 is 0 Å². The summed E-state index contributed by atoms with van der Waals surface area (Å²) in [6.07, 6.45) is -0.691. The van der Waals surface area contributed by atoms with Gasteiger partial charge in [-0.3, -0.25) is 4.90 Å². The number of nitrogens with zero attached hydrogens (tertiary/aromatic N) is 3. The van der Waals surface area contributed by atoms with Crippen molar-refractivity contribution >= 4 is 0 Å². The Bertz CT molecular complexity index is 583. The van der Waals surface area contributed by atoms with Crippen molar-refractivity contribution < 1.29 is 14.0 Å². The SMILES string of the molecule is Cc1noc(CN(CC(C)C)CC(O)c2ccc(F)cc2)n1. The number of aromatic nitrogens is 2. The molecule has 0 aliphatic heterocycles. The Morgan fingerprint density at radius 1 is 1.23 bits per heavy atom. The minimum absolute atomic E-state index is 0.309. The summed E-state index contributed by atoms with van der Waals surface area (Å²) in [5.41, 5.74) is 0.692. The second kappa shape index (κ2) is 7.47. The molecule has 0 radical (unpaired) electrons. The molecule has 0 aliphatic carbocycles. The number of rotatable bonds is 7. The number of aliphatic hydroxyl groups is 1. The Morgan fingerprint density at radius 3 is 2.45 bits per heavy atom. The first-order chi connectivity index (χ1) is 10.4. The molecule has 1 atom stereocenters. The van der Waals surface area contributed by atoms with Crippen LogP contribution in [0.1, 0.15) is 37.2 Å². The van der Waals surface area contributed by atoms with E-state index in [1.807, 2.05) is 0 Å². The van der Waals surface area contributed by atoms with Gasteiger partial charge < -0.3 is 9.63 Å². The van der Waals surface area contributed by atoms with Crippen LogP contribution < -0.4 is 0 Å². The molecule has 0 saturated carbocycles. The second-order valence-corrected chi connectivity index (χ2v) is 5.89. The molecule has 6 heteroatoms. The van der Waals surface area contributed by atoms with Crippen LogP contribution in [0.15, 0.2) is 28.8 Å². The molecule has 1 heterocycles. The number of benzene rings is 1. The van der Waals surface area contributed by atoms with Gasteiger partial charge in [-0.2, -0.15) is 4.98 Å². The standard InChI is InChI=1S/C16H22FN3O2/c1-11(2)8-20(10-16-18-12(3)19-22-16)9-15(21)13-4-6-14(17)7-5-13/h4-7,11,15,21H,8-10H2,1-3H3. The van der Waals surface area contributed by atoms with Gasteiger partial charge in [0.1, 0.15) is 5.82 Å². The molecule has 0 saturated heterocycles. The number of hydrogen-bond donors (Lipinski definition) is 1. The summed E-state index contributed by atoms with van der Waals surface area (Å²) in [5, 5.41) is 14.1. The van der Waals surface area contributed by atoms with Crippen LogP contribution in [0.25, 0.3) is 0 Å². The zero-order valence-electron chi connectivity index (χ0n) is 13.2. The van der Waals surface area contributed by atoms with E-state index >= 15 is 0 Å². The monoisotopic (exact) mass is 307 g/mol. The van der Waals surface area contributed by atoms with Gasteiger partial charge in [0.15, 0.2) is 5.82 Å². The number of halogens is 1. The Hall–Kier alpha value is -1.79. The molecule has 1 unspecified atom stereocenters. The predicted octanol–water partition coefficient (Wildman–Crippen LogP) is 2.71. The van der Waals surface area contributed by atoms with Gasteiger partial charge in [-0.05, 0) is 30.5 Å². The molecule has 120 valence electrons. The van der Waals surface area contributed by atoms with Crippen molar-refractivity contribution in [3.8, 4) is 0 Å². The number of hydrogen-bond acceptors (Lipinski definition) is 5. The van der Waals surface area contributed by atoms with E-state index in [4.69, 9.17) is 4.52 Å². The fourth-order valence-electron chi connectivity index (χ4n) is 2.35. The third-order valence-electron chi connectivity index (χ3n) is 3.24. The zero-order chi connectivity index (χ0) is 16.1. The summed E-state index contributed by atoms with van der Waals surface area (Å²) in [6, 6.07) is 5.91. The van der Waals surface area contributed by atoms with Gasteiger partial charge in [0, 0.05) is 13.1 Å². The highest BCUT2D eigenvalue weighted by atomic mass is 19.1. The lowest BCUT2D eigenvalue weighted by atomic mass is 10.1. The third kappa shape index (κ3) is 4.89. The van der Waals surface area contributed by atoms with E-state index in [9.17, 15) is 9.50 Å². The summed E-state index contributed by atoms with van der Waals surface area (Å²) in [6.45, 7) is 7.68. The number of aliphatic hydroxyl groups excluding tert-OH is 1. The average Bonchev–Trinajstić information content (AvgIpc) is 2.84. The molecule has 1 aromatic carbocycles. The largest absolute Gasteiger partial charge is 0.387 e. The van der Waals surface area contributed by atoms with Crippen LogP contribution in [0, 0.1) is 18.7 Å². The molecule has 2 rings (SSSR count). The van der Waals surface area contributed by atoms with Crippen LogP contribution in [0.3, 0.4) is 0 Å². The molecule has 0 bridgehead atoms. The highest BCUT2D eigenvalue weighted by Gasteiger charge is 2.17. The van der Waals surface area contributed by atoms with Gasteiger partial charge in [-0.25, -0.2) is 4.39 Å². The van der Waals surface area contributed by atoms with Crippen LogP contribution in [0.4, 0.5) is 4.39 Å². The molecule has 0 spiro atoms. The second-order valence-electron chi connectivity index (χ2n) is 5.89. The zero-order valence-corrected chi connectivity index (χ0v) is 13.2. The molecule has 2 aromatic rings. The lowest BCUT2D eigenvalue weighted by Crippen LogP contribution is -2.31. The maximum absolute atomic E-state index is 13.0.